The number of carbonyl (C=O) groups is 1. The zero-order valence-corrected chi connectivity index (χ0v) is 12.0. The quantitative estimate of drug-likeness (QED) is 0.883. The van der Waals surface area contributed by atoms with Crippen LogP contribution in [0.1, 0.15) is 41.7 Å². The molecule has 0 bridgehead atoms. The van der Waals surface area contributed by atoms with Gasteiger partial charge in [0, 0.05) is 17.0 Å². The fourth-order valence-corrected chi connectivity index (χ4v) is 2.51. The van der Waals surface area contributed by atoms with E-state index >= 15 is 0 Å². The molecule has 2 N–H and O–H groups in total. The molecule has 0 spiro atoms. The molecule has 2 rings (SSSR count). The second kappa shape index (κ2) is 5.99. The third kappa shape index (κ3) is 3.21. The van der Waals surface area contributed by atoms with E-state index in [0.717, 1.165) is 17.8 Å². The van der Waals surface area contributed by atoms with Crippen LogP contribution in [0.15, 0.2) is 22.1 Å². The summed E-state index contributed by atoms with van der Waals surface area (Å²) >= 11 is 1.41. The van der Waals surface area contributed by atoms with E-state index in [4.69, 9.17) is 4.42 Å². The minimum atomic E-state index is -0.264. The zero-order chi connectivity index (χ0) is 13.8. The number of rotatable bonds is 5. The SMILES string of the molecule is CCNC(C)c1csc(NC(=O)c2occc2C)n1. The Kier molecular flexibility index (Phi) is 4.34. The van der Waals surface area contributed by atoms with Crippen LogP contribution in [-0.4, -0.2) is 17.4 Å². The van der Waals surface area contributed by atoms with Crippen molar-refractivity contribution in [1.82, 2.24) is 10.3 Å². The summed E-state index contributed by atoms with van der Waals surface area (Å²) in [7, 11) is 0. The number of furan rings is 1. The van der Waals surface area contributed by atoms with Gasteiger partial charge in [-0.25, -0.2) is 4.98 Å². The largest absolute Gasteiger partial charge is 0.459 e. The minimum absolute atomic E-state index is 0.178. The Bertz CT molecular complexity index is 562. The highest BCUT2D eigenvalue weighted by Gasteiger charge is 2.15. The molecule has 1 atom stereocenters. The fourth-order valence-electron chi connectivity index (χ4n) is 1.71. The molecule has 0 fully saturated rings. The maximum Gasteiger partial charge on any atom is 0.293 e. The molecule has 2 aromatic rings. The molecule has 0 aromatic carbocycles. The Morgan fingerprint density at radius 1 is 1.58 bits per heavy atom. The van der Waals surface area contributed by atoms with Crippen LogP contribution in [0, 0.1) is 6.92 Å². The zero-order valence-electron chi connectivity index (χ0n) is 11.2. The molecule has 0 aliphatic rings. The predicted molar refractivity (Wildman–Crippen MR) is 75.6 cm³/mol. The third-order valence-corrected chi connectivity index (χ3v) is 3.54. The van der Waals surface area contributed by atoms with E-state index < -0.39 is 0 Å². The van der Waals surface area contributed by atoms with Crippen molar-refractivity contribution in [3.63, 3.8) is 0 Å². The molecule has 1 unspecified atom stereocenters. The molecule has 0 radical (unpaired) electrons. The van der Waals surface area contributed by atoms with Crippen LogP contribution in [0.2, 0.25) is 0 Å². The van der Waals surface area contributed by atoms with Crippen LogP contribution in [0.4, 0.5) is 5.13 Å². The minimum Gasteiger partial charge on any atom is -0.459 e. The molecule has 0 saturated heterocycles. The maximum absolute atomic E-state index is 11.9. The first-order valence-electron chi connectivity index (χ1n) is 6.16. The van der Waals surface area contributed by atoms with Gasteiger partial charge in [0.25, 0.3) is 5.91 Å². The first-order chi connectivity index (χ1) is 9.11. The fraction of sp³-hybridized carbons (Fsp3) is 0.385. The summed E-state index contributed by atoms with van der Waals surface area (Å²) in [5.41, 5.74) is 1.74. The molecule has 2 aromatic heterocycles. The molecule has 102 valence electrons. The van der Waals surface area contributed by atoms with Crippen LogP contribution >= 0.6 is 11.3 Å². The first-order valence-corrected chi connectivity index (χ1v) is 7.04. The van der Waals surface area contributed by atoms with Crippen LogP contribution in [0.3, 0.4) is 0 Å². The van der Waals surface area contributed by atoms with E-state index in [9.17, 15) is 4.79 Å². The smallest absolute Gasteiger partial charge is 0.293 e. The maximum atomic E-state index is 11.9. The Morgan fingerprint density at radius 3 is 3.00 bits per heavy atom. The van der Waals surface area contributed by atoms with Gasteiger partial charge in [-0.2, -0.15) is 0 Å². The molecule has 0 aliphatic heterocycles. The van der Waals surface area contributed by atoms with Crippen molar-refractivity contribution in [3.8, 4) is 0 Å². The molecule has 5 nitrogen and oxygen atoms in total. The number of carbonyl (C=O) groups excluding carboxylic acids is 1. The van der Waals surface area contributed by atoms with Gasteiger partial charge in [0.05, 0.1) is 12.0 Å². The molecule has 1 amide bonds. The van der Waals surface area contributed by atoms with E-state index in [1.807, 2.05) is 26.2 Å². The van der Waals surface area contributed by atoms with Gasteiger partial charge in [0.1, 0.15) is 0 Å². The Hall–Kier alpha value is -1.66. The topological polar surface area (TPSA) is 67.2 Å². The van der Waals surface area contributed by atoms with Gasteiger partial charge in [-0.05, 0) is 26.5 Å². The number of amides is 1. The van der Waals surface area contributed by atoms with E-state index in [1.165, 1.54) is 17.6 Å². The van der Waals surface area contributed by atoms with Crippen molar-refractivity contribution >= 4 is 22.4 Å². The Balaban J connectivity index is 2.04. The van der Waals surface area contributed by atoms with Gasteiger partial charge in [-0.1, -0.05) is 6.92 Å². The molecular formula is C13H17N3O2S. The first kappa shape index (κ1) is 13.8. The number of aromatic nitrogens is 1. The van der Waals surface area contributed by atoms with E-state index in [0.29, 0.717) is 10.9 Å². The summed E-state index contributed by atoms with van der Waals surface area (Å²) in [4.78, 5) is 16.3. The highest BCUT2D eigenvalue weighted by molar-refractivity contribution is 7.14. The van der Waals surface area contributed by atoms with E-state index in [2.05, 4.69) is 15.6 Å². The summed E-state index contributed by atoms with van der Waals surface area (Å²) in [6, 6.07) is 1.94. The van der Waals surface area contributed by atoms with Gasteiger partial charge in [0.15, 0.2) is 10.9 Å². The lowest BCUT2D eigenvalue weighted by Gasteiger charge is -2.08. The van der Waals surface area contributed by atoms with E-state index in [1.54, 1.807) is 6.07 Å². The Labute approximate surface area is 116 Å². The number of aryl methyl sites for hydroxylation is 1. The average molecular weight is 279 g/mol. The lowest BCUT2D eigenvalue weighted by atomic mass is 10.2. The second-order valence-corrected chi connectivity index (χ2v) is 5.10. The Morgan fingerprint density at radius 2 is 2.37 bits per heavy atom. The lowest BCUT2D eigenvalue weighted by Crippen LogP contribution is -2.18. The van der Waals surface area contributed by atoms with Gasteiger partial charge in [-0.15, -0.1) is 11.3 Å². The summed E-state index contributed by atoms with van der Waals surface area (Å²) < 4.78 is 5.14. The van der Waals surface area contributed by atoms with Crippen LogP contribution in [0.5, 0.6) is 0 Å². The highest BCUT2D eigenvalue weighted by Crippen LogP contribution is 2.21. The van der Waals surface area contributed by atoms with Crippen molar-refractivity contribution < 1.29 is 9.21 Å². The van der Waals surface area contributed by atoms with Crippen molar-refractivity contribution in [2.24, 2.45) is 0 Å². The monoisotopic (exact) mass is 279 g/mol. The van der Waals surface area contributed by atoms with Gasteiger partial charge in [0.2, 0.25) is 0 Å². The summed E-state index contributed by atoms with van der Waals surface area (Å²) in [6.07, 6.45) is 1.50. The number of hydrogen-bond acceptors (Lipinski definition) is 5. The van der Waals surface area contributed by atoms with Crippen molar-refractivity contribution in [1.29, 1.82) is 0 Å². The van der Waals surface area contributed by atoms with Gasteiger partial charge in [-0.3, -0.25) is 10.1 Å². The second-order valence-electron chi connectivity index (χ2n) is 4.24. The number of nitrogens with zero attached hydrogens (tertiary/aromatic N) is 1. The van der Waals surface area contributed by atoms with Crippen LogP contribution in [0.25, 0.3) is 0 Å². The number of anilines is 1. The molecule has 0 saturated carbocycles. The number of thiazole rings is 1. The average Bonchev–Trinajstić information content (AvgIpc) is 2.98. The summed E-state index contributed by atoms with van der Waals surface area (Å²) in [6.45, 7) is 6.80. The van der Waals surface area contributed by atoms with E-state index in [-0.39, 0.29) is 11.9 Å². The highest BCUT2D eigenvalue weighted by atomic mass is 32.1. The third-order valence-electron chi connectivity index (χ3n) is 2.76. The molecule has 6 heteroatoms. The lowest BCUT2D eigenvalue weighted by molar-refractivity contribution is 0.0996. The molecule has 2 heterocycles. The summed E-state index contributed by atoms with van der Waals surface area (Å²) in [5, 5.41) is 8.55. The normalized spacial score (nSPS) is 12.4. The van der Waals surface area contributed by atoms with Crippen LogP contribution < -0.4 is 10.6 Å². The molecule has 19 heavy (non-hydrogen) atoms. The van der Waals surface area contributed by atoms with Gasteiger partial charge >= 0.3 is 0 Å². The standard InChI is InChI=1S/C13H17N3O2S/c1-4-14-9(3)10-7-19-13(15-10)16-12(17)11-8(2)5-6-18-11/h5-7,9,14H,4H2,1-3H3,(H,15,16,17). The van der Waals surface area contributed by atoms with Crippen molar-refractivity contribution in [3.05, 3.63) is 34.7 Å². The number of hydrogen-bond donors (Lipinski definition) is 2. The van der Waals surface area contributed by atoms with Crippen molar-refractivity contribution in [2.75, 3.05) is 11.9 Å². The van der Waals surface area contributed by atoms with Gasteiger partial charge < -0.3 is 9.73 Å². The van der Waals surface area contributed by atoms with Crippen LogP contribution in [-0.2, 0) is 0 Å². The predicted octanol–water partition coefficient (Wildman–Crippen LogP) is 2.97. The molecule has 0 aliphatic carbocycles. The summed E-state index contributed by atoms with van der Waals surface area (Å²) in [5.74, 6) is 0.0657. The van der Waals surface area contributed by atoms with Crippen molar-refractivity contribution in [2.45, 2.75) is 26.8 Å². The molecular weight excluding hydrogens is 262 g/mol. The number of nitrogens with one attached hydrogen (secondary N) is 2.